The summed E-state index contributed by atoms with van der Waals surface area (Å²) in [5.41, 5.74) is 0. The van der Waals surface area contributed by atoms with Gasteiger partial charge in [-0.05, 0) is 0 Å². The molecule has 0 aliphatic carbocycles. The van der Waals surface area contributed by atoms with Crippen molar-refractivity contribution < 1.29 is 9.79 Å². The third-order valence-corrected chi connectivity index (χ3v) is 2.75. The summed E-state index contributed by atoms with van der Waals surface area (Å²) in [6, 6.07) is 0. The Balaban J connectivity index is 3.83. The van der Waals surface area contributed by atoms with Crippen LogP contribution in [-0.2, 0) is 0 Å². The Bertz CT molecular complexity index is 62.2. The molecule has 0 spiro atoms. The van der Waals surface area contributed by atoms with Crippen molar-refractivity contribution in [3.8, 4) is 0 Å². The molecule has 3 heteroatoms. The maximum absolute atomic E-state index is 8.98. The fourth-order valence-electron chi connectivity index (χ4n) is 0. The predicted octanol–water partition coefficient (Wildman–Crippen LogP) is 0.634. The summed E-state index contributed by atoms with van der Waals surface area (Å²) < 4.78 is 0. The van der Waals surface area contributed by atoms with Gasteiger partial charge in [-0.15, -0.1) is 0 Å². The Kier molecular flexibility index (Phi) is 1.48. The van der Waals surface area contributed by atoms with Crippen LogP contribution in [0.2, 0.25) is 0 Å². The third-order valence-electron chi connectivity index (χ3n) is 0.915. The van der Waals surface area contributed by atoms with Gasteiger partial charge in [0.25, 0.3) is 0 Å². The van der Waals surface area contributed by atoms with Crippen molar-refractivity contribution in [3.05, 3.63) is 0 Å². The molecule has 0 heterocycles. The quantitative estimate of drug-likeness (QED) is 0.503. The molecule has 46 valence electrons. The van der Waals surface area contributed by atoms with E-state index in [4.69, 9.17) is 9.79 Å². The molecule has 0 aromatic carbocycles. The van der Waals surface area contributed by atoms with Crippen molar-refractivity contribution >= 4 is 7.06 Å². The molecule has 0 aromatic rings. The van der Waals surface area contributed by atoms with Crippen LogP contribution in [0.3, 0.4) is 0 Å². The molecule has 0 aliphatic rings. The van der Waals surface area contributed by atoms with E-state index in [9.17, 15) is 0 Å². The molecule has 0 rings (SSSR count). The molecule has 0 atom stereocenters. The Morgan fingerprint density at radius 2 is 1.43 bits per heavy atom. The first-order valence-corrected chi connectivity index (χ1v) is 5.54. The number of rotatable bonds is 1. The molecule has 2 N–H and O–H groups in total. The normalized spacial score (nSPS) is 18.1. The van der Waals surface area contributed by atoms with Gasteiger partial charge in [0.05, 0.1) is 0 Å². The number of hydrogen-bond donors (Lipinski definition) is 2. The molecule has 0 saturated heterocycles. The third kappa shape index (κ3) is 6.35. The van der Waals surface area contributed by atoms with Crippen molar-refractivity contribution in [1.82, 2.24) is 0 Å². The van der Waals surface area contributed by atoms with Gasteiger partial charge >= 0.3 is 43.3 Å². The molecule has 0 radical (unpaired) electrons. The molecule has 0 unspecified atom stereocenters. The van der Waals surface area contributed by atoms with Crippen LogP contribution in [0.4, 0.5) is 0 Å². The van der Waals surface area contributed by atoms with Gasteiger partial charge in [0.15, 0.2) is 0 Å². The first-order valence-electron chi connectivity index (χ1n) is 2.32. The van der Waals surface area contributed by atoms with Gasteiger partial charge in [0, 0.05) is 0 Å². The Morgan fingerprint density at radius 3 is 1.43 bits per heavy atom. The fourth-order valence-corrected chi connectivity index (χ4v) is 0. The van der Waals surface area contributed by atoms with Crippen molar-refractivity contribution in [2.75, 3.05) is 19.5 Å². The zero-order valence-electron chi connectivity index (χ0n) is 5.05. The number of hydrogen-bond acceptors (Lipinski definition) is 2. The first kappa shape index (κ1) is 7.35. The zero-order valence-corrected chi connectivity index (χ0v) is 5.94. The van der Waals surface area contributed by atoms with E-state index in [1.165, 1.54) is 13.3 Å². The van der Waals surface area contributed by atoms with E-state index < -0.39 is 7.06 Å². The molecule has 0 saturated carbocycles. The Morgan fingerprint density at radius 1 is 1.29 bits per heavy atom. The van der Waals surface area contributed by atoms with Crippen LogP contribution >= 0.6 is 7.06 Å². The maximum atomic E-state index is 8.98. The second-order valence-electron chi connectivity index (χ2n) is 2.57. The monoisotopic (exact) mass is 124 g/mol. The molecule has 0 aromatic heterocycles. The summed E-state index contributed by atoms with van der Waals surface area (Å²) in [5, 5.41) is 0. The van der Waals surface area contributed by atoms with Crippen LogP contribution in [-0.4, -0.2) is 29.3 Å². The topological polar surface area (TPSA) is 40.5 Å². The Labute approximate surface area is 44.3 Å². The van der Waals surface area contributed by atoms with E-state index >= 15 is 0 Å². The Hall–Kier alpha value is 0.350. The predicted molar refractivity (Wildman–Crippen MR) is 33.7 cm³/mol. The SMILES string of the molecule is CCP(C)(C)(O)O. The van der Waals surface area contributed by atoms with Crippen molar-refractivity contribution in [2.24, 2.45) is 0 Å². The van der Waals surface area contributed by atoms with Crippen LogP contribution in [0, 0.1) is 0 Å². The average Bonchev–Trinajstić information content (AvgIpc) is 1.32. The summed E-state index contributed by atoms with van der Waals surface area (Å²) in [6.07, 6.45) is 0.478. The molecular weight excluding hydrogens is 111 g/mol. The van der Waals surface area contributed by atoms with E-state index in [2.05, 4.69) is 0 Å². The van der Waals surface area contributed by atoms with Gasteiger partial charge in [-0.1, -0.05) is 0 Å². The van der Waals surface area contributed by atoms with E-state index in [1.54, 1.807) is 6.92 Å². The summed E-state index contributed by atoms with van der Waals surface area (Å²) in [7, 11) is -3.08. The summed E-state index contributed by atoms with van der Waals surface area (Å²) in [6.45, 7) is 4.79. The van der Waals surface area contributed by atoms with Gasteiger partial charge in [-0.3, -0.25) is 0 Å². The molecular formula is C4H13O2P. The molecule has 2 nitrogen and oxygen atoms in total. The van der Waals surface area contributed by atoms with Gasteiger partial charge in [-0.25, -0.2) is 0 Å². The van der Waals surface area contributed by atoms with Gasteiger partial charge in [-0.2, -0.15) is 0 Å². The molecule has 0 bridgehead atoms. The fraction of sp³-hybridized carbons (Fsp3) is 1.00. The average molecular weight is 124 g/mol. The summed E-state index contributed by atoms with van der Waals surface area (Å²) in [5.74, 6) is 0. The second-order valence-corrected chi connectivity index (χ2v) is 7.70. The standard InChI is InChI=1S/C4H13O2P/c1-4-7(2,3,5)6/h5-6H,4H2,1-3H3. The molecule has 0 amide bonds. The van der Waals surface area contributed by atoms with Crippen LogP contribution in [0.15, 0.2) is 0 Å². The summed E-state index contributed by atoms with van der Waals surface area (Å²) in [4.78, 5) is 18.0. The van der Waals surface area contributed by atoms with Crippen LogP contribution < -0.4 is 0 Å². The van der Waals surface area contributed by atoms with Gasteiger partial charge in [0.2, 0.25) is 0 Å². The molecule has 0 fully saturated rings. The van der Waals surface area contributed by atoms with Crippen LogP contribution in [0.25, 0.3) is 0 Å². The van der Waals surface area contributed by atoms with Gasteiger partial charge in [0.1, 0.15) is 0 Å². The van der Waals surface area contributed by atoms with Gasteiger partial charge < -0.3 is 0 Å². The van der Waals surface area contributed by atoms with E-state index in [0.717, 1.165) is 0 Å². The van der Waals surface area contributed by atoms with Crippen molar-refractivity contribution in [3.63, 3.8) is 0 Å². The first-order chi connectivity index (χ1) is 2.81. The minimum absolute atomic E-state index is 0.478. The van der Waals surface area contributed by atoms with E-state index in [-0.39, 0.29) is 0 Å². The van der Waals surface area contributed by atoms with Crippen LogP contribution in [0.5, 0.6) is 0 Å². The molecule has 7 heavy (non-hydrogen) atoms. The second kappa shape index (κ2) is 1.41. The van der Waals surface area contributed by atoms with E-state index in [1.807, 2.05) is 0 Å². The minimum atomic E-state index is -3.08. The van der Waals surface area contributed by atoms with Crippen LogP contribution in [0.1, 0.15) is 6.92 Å². The zero-order chi connectivity index (χ0) is 6.15. The van der Waals surface area contributed by atoms with Crippen molar-refractivity contribution in [2.45, 2.75) is 6.92 Å². The van der Waals surface area contributed by atoms with E-state index in [0.29, 0.717) is 6.16 Å². The van der Waals surface area contributed by atoms with Crippen molar-refractivity contribution in [1.29, 1.82) is 0 Å². The summed E-state index contributed by atoms with van der Waals surface area (Å²) >= 11 is 0. The molecule has 0 aliphatic heterocycles.